The van der Waals surface area contributed by atoms with Crippen LogP contribution in [0.25, 0.3) is 0 Å². The quantitative estimate of drug-likeness (QED) is 0.917. The molecule has 4 nitrogen and oxygen atoms in total. The molecule has 1 heterocycles. The van der Waals surface area contributed by atoms with Crippen molar-refractivity contribution in [2.24, 2.45) is 5.73 Å². The van der Waals surface area contributed by atoms with Gasteiger partial charge in [0, 0.05) is 4.47 Å². The second-order valence-electron chi connectivity index (χ2n) is 3.19. The number of nitrogens with zero attached hydrogens (tertiary/aromatic N) is 3. The topological polar surface area (TPSA) is 56.7 Å². The molecule has 0 unspecified atom stereocenters. The molecule has 0 bridgehead atoms. The van der Waals surface area contributed by atoms with E-state index in [9.17, 15) is 0 Å². The Hall–Kier alpha value is -1.20. The van der Waals surface area contributed by atoms with Gasteiger partial charge in [0.15, 0.2) is 5.82 Å². The van der Waals surface area contributed by atoms with E-state index in [1.54, 1.807) is 11.0 Å². The van der Waals surface area contributed by atoms with Gasteiger partial charge in [0.1, 0.15) is 6.33 Å². The lowest BCUT2D eigenvalue weighted by atomic mass is 10.2. The zero-order valence-electron chi connectivity index (χ0n) is 8.10. The van der Waals surface area contributed by atoms with E-state index in [4.69, 9.17) is 5.73 Å². The molecule has 0 spiro atoms. The fourth-order valence-electron chi connectivity index (χ4n) is 1.33. The van der Waals surface area contributed by atoms with E-state index in [2.05, 4.69) is 38.1 Å². The molecule has 0 saturated carbocycles. The zero-order chi connectivity index (χ0) is 10.7. The van der Waals surface area contributed by atoms with E-state index in [0.717, 1.165) is 4.47 Å². The molecule has 2 N–H and O–H groups in total. The van der Waals surface area contributed by atoms with Crippen molar-refractivity contribution in [3.05, 3.63) is 46.5 Å². The Morgan fingerprint density at radius 2 is 2.27 bits per heavy atom. The van der Waals surface area contributed by atoms with Crippen molar-refractivity contribution in [3.63, 3.8) is 0 Å². The maximum absolute atomic E-state index is 5.43. The normalized spacial score (nSPS) is 10.5. The largest absolute Gasteiger partial charge is 0.324 e. The molecule has 78 valence electrons. The second kappa shape index (κ2) is 4.55. The van der Waals surface area contributed by atoms with Crippen LogP contribution in [0.3, 0.4) is 0 Å². The Kier molecular flexibility index (Phi) is 3.13. The minimum atomic E-state index is 0.380. The van der Waals surface area contributed by atoms with Gasteiger partial charge in [-0.25, -0.2) is 9.67 Å². The Labute approximate surface area is 96.3 Å². The summed E-state index contributed by atoms with van der Waals surface area (Å²) in [5.74, 6) is 0.671. The van der Waals surface area contributed by atoms with Crippen LogP contribution in [0.15, 0.2) is 35.1 Å². The number of nitrogens with two attached hydrogens (primary N) is 1. The number of halogens is 1. The van der Waals surface area contributed by atoms with Crippen LogP contribution >= 0.6 is 15.9 Å². The smallest absolute Gasteiger partial charge is 0.164 e. The van der Waals surface area contributed by atoms with E-state index < -0.39 is 0 Å². The number of rotatable bonds is 3. The van der Waals surface area contributed by atoms with Crippen LogP contribution < -0.4 is 5.73 Å². The van der Waals surface area contributed by atoms with Crippen LogP contribution in [0.1, 0.15) is 11.4 Å². The molecule has 2 rings (SSSR count). The molecule has 1 aromatic carbocycles. The van der Waals surface area contributed by atoms with Crippen molar-refractivity contribution in [1.82, 2.24) is 14.8 Å². The molecule has 1 aromatic heterocycles. The highest BCUT2D eigenvalue weighted by Gasteiger charge is 1.99. The molecule has 0 amide bonds. The van der Waals surface area contributed by atoms with Gasteiger partial charge in [0.05, 0.1) is 13.1 Å². The van der Waals surface area contributed by atoms with Crippen molar-refractivity contribution in [3.8, 4) is 0 Å². The molecular weight excluding hydrogens is 256 g/mol. The SMILES string of the molecule is NCc1ncn(Cc2cccc(Br)c2)n1. The predicted molar refractivity (Wildman–Crippen MR) is 61.2 cm³/mol. The summed E-state index contributed by atoms with van der Waals surface area (Å²) in [6.07, 6.45) is 1.70. The highest BCUT2D eigenvalue weighted by Crippen LogP contribution is 2.12. The van der Waals surface area contributed by atoms with E-state index in [-0.39, 0.29) is 0 Å². The molecule has 0 aliphatic carbocycles. The van der Waals surface area contributed by atoms with Gasteiger partial charge in [-0.3, -0.25) is 0 Å². The van der Waals surface area contributed by atoms with Gasteiger partial charge in [0.25, 0.3) is 0 Å². The van der Waals surface area contributed by atoms with Gasteiger partial charge in [-0.1, -0.05) is 28.1 Å². The third-order valence-corrected chi connectivity index (χ3v) is 2.49. The van der Waals surface area contributed by atoms with Crippen LogP contribution in [0.4, 0.5) is 0 Å². The summed E-state index contributed by atoms with van der Waals surface area (Å²) >= 11 is 3.43. The number of benzene rings is 1. The maximum atomic E-state index is 5.43. The summed E-state index contributed by atoms with van der Waals surface area (Å²) in [4.78, 5) is 4.07. The second-order valence-corrected chi connectivity index (χ2v) is 4.11. The number of hydrogen-bond acceptors (Lipinski definition) is 3. The molecule has 0 aliphatic rings. The van der Waals surface area contributed by atoms with Gasteiger partial charge in [-0.15, -0.1) is 0 Å². The molecule has 0 radical (unpaired) electrons. The van der Waals surface area contributed by atoms with Gasteiger partial charge in [0.2, 0.25) is 0 Å². The highest BCUT2D eigenvalue weighted by atomic mass is 79.9. The van der Waals surface area contributed by atoms with Gasteiger partial charge >= 0.3 is 0 Å². The summed E-state index contributed by atoms with van der Waals surface area (Å²) in [7, 11) is 0. The lowest BCUT2D eigenvalue weighted by Crippen LogP contribution is -2.03. The lowest BCUT2D eigenvalue weighted by Gasteiger charge is -2.01. The van der Waals surface area contributed by atoms with Crippen molar-refractivity contribution in [1.29, 1.82) is 0 Å². The third kappa shape index (κ3) is 2.64. The average Bonchev–Trinajstić information content (AvgIpc) is 2.65. The minimum Gasteiger partial charge on any atom is -0.324 e. The zero-order valence-corrected chi connectivity index (χ0v) is 9.68. The van der Waals surface area contributed by atoms with E-state index in [0.29, 0.717) is 18.9 Å². The minimum absolute atomic E-state index is 0.380. The van der Waals surface area contributed by atoms with Crippen LogP contribution in [0, 0.1) is 0 Å². The van der Waals surface area contributed by atoms with Gasteiger partial charge < -0.3 is 5.73 Å². The molecule has 0 fully saturated rings. The van der Waals surface area contributed by atoms with E-state index in [1.165, 1.54) is 5.56 Å². The van der Waals surface area contributed by atoms with Gasteiger partial charge in [-0.2, -0.15) is 5.10 Å². The Balaban J connectivity index is 2.14. The maximum Gasteiger partial charge on any atom is 0.164 e. The van der Waals surface area contributed by atoms with Crippen LogP contribution in [-0.4, -0.2) is 14.8 Å². The first-order chi connectivity index (χ1) is 7.28. The molecule has 5 heteroatoms. The number of aromatic nitrogens is 3. The monoisotopic (exact) mass is 266 g/mol. The molecule has 15 heavy (non-hydrogen) atoms. The third-order valence-electron chi connectivity index (χ3n) is 2.00. The van der Waals surface area contributed by atoms with Gasteiger partial charge in [-0.05, 0) is 17.7 Å². The average molecular weight is 267 g/mol. The first kappa shape index (κ1) is 10.3. The molecular formula is C10H11BrN4. The predicted octanol–water partition coefficient (Wildman–Crippen LogP) is 1.55. The molecule has 2 aromatic rings. The fraction of sp³-hybridized carbons (Fsp3) is 0.200. The fourth-order valence-corrected chi connectivity index (χ4v) is 1.77. The molecule has 0 aliphatic heterocycles. The Morgan fingerprint density at radius 1 is 1.40 bits per heavy atom. The summed E-state index contributed by atoms with van der Waals surface area (Å²) in [6, 6.07) is 8.11. The number of hydrogen-bond donors (Lipinski definition) is 1. The first-order valence-electron chi connectivity index (χ1n) is 4.61. The van der Waals surface area contributed by atoms with Crippen molar-refractivity contribution < 1.29 is 0 Å². The lowest BCUT2D eigenvalue weighted by molar-refractivity contribution is 0.671. The van der Waals surface area contributed by atoms with Crippen LogP contribution in [0.2, 0.25) is 0 Å². The van der Waals surface area contributed by atoms with Crippen molar-refractivity contribution in [2.75, 3.05) is 0 Å². The van der Waals surface area contributed by atoms with Crippen LogP contribution in [-0.2, 0) is 13.1 Å². The molecule has 0 saturated heterocycles. The van der Waals surface area contributed by atoms with Crippen molar-refractivity contribution in [2.45, 2.75) is 13.1 Å². The highest BCUT2D eigenvalue weighted by molar-refractivity contribution is 9.10. The van der Waals surface area contributed by atoms with E-state index >= 15 is 0 Å². The summed E-state index contributed by atoms with van der Waals surface area (Å²) in [5, 5.41) is 4.22. The Morgan fingerprint density at radius 3 is 2.93 bits per heavy atom. The Bertz CT molecular complexity index is 452. The van der Waals surface area contributed by atoms with E-state index in [1.807, 2.05) is 12.1 Å². The first-order valence-corrected chi connectivity index (χ1v) is 5.40. The summed E-state index contributed by atoms with van der Waals surface area (Å²) < 4.78 is 2.85. The van der Waals surface area contributed by atoms with Crippen LogP contribution in [0.5, 0.6) is 0 Å². The van der Waals surface area contributed by atoms with Crippen molar-refractivity contribution >= 4 is 15.9 Å². The summed E-state index contributed by atoms with van der Waals surface area (Å²) in [5.41, 5.74) is 6.61. The summed E-state index contributed by atoms with van der Waals surface area (Å²) in [6.45, 7) is 1.10. The molecule has 0 atom stereocenters. The standard InChI is InChI=1S/C10H11BrN4/c11-9-3-1-2-8(4-9)6-15-7-13-10(5-12)14-15/h1-4,7H,5-6,12H2.